The fourth-order valence-electron chi connectivity index (χ4n) is 2.53. The molecule has 0 saturated heterocycles. The van der Waals surface area contributed by atoms with Gasteiger partial charge >= 0.3 is 5.97 Å². The first-order chi connectivity index (χ1) is 7.99. The summed E-state index contributed by atoms with van der Waals surface area (Å²) in [6, 6.07) is 0. The lowest BCUT2D eigenvalue weighted by Gasteiger charge is -2.39. The van der Waals surface area contributed by atoms with Crippen molar-refractivity contribution >= 4 is 5.97 Å². The molecule has 1 aliphatic carbocycles. The van der Waals surface area contributed by atoms with Crippen LogP contribution in [0.3, 0.4) is 0 Å². The van der Waals surface area contributed by atoms with Gasteiger partial charge in [-0.2, -0.15) is 0 Å². The van der Waals surface area contributed by atoms with Crippen molar-refractivity contribution in [3.8, 4) is 0 Å². The summed E-state index contributed by atoms with van der Waals surface area (Å²) in [6.07, 6.45) is 5.93. The van der Waals surface area contributed by atoms with Gasteiger partial charge in [-0.05, 0) is 25.7 Å². The van der Waals surface area contributed by atoms with Gasteiger partial charge in [0, 0.05) is 17.7 Å². The molecule has 0 spiro atoms. The van der Waals surface area contributed by atoms with Gasteiger partial charge in [-0.1, -0.05) is 25.8 Å². The number of hydrogen-bond acceptors (Lipinski definition) is 3. The normalized spacial score (nSPS) is 30.3. The topological polar surface area (TPSA) is 69.6 Å². The number of rotatable bonds is 5. The fraction of sp³-hybridized carbons (Fsp3) is 0.769. The number of aliphatic carboxylic acids is 1. The summed E-state index contributed by atoms with van der Waals surface area (Å²) in [5.74, 6) is -0.269. The van der Waals surface area contributed by atoms with Crippen molar-refractivity contribution in [1.82, 2.24) is 5.32 Å². The van der Waals surface area contributed by atoms with Crippen molar-refractivity contribution in [3.63, 3.8) is 0 Å². The Labute approximate surface area is 103 Å². The average molecular weight is 241 g/mol. The van der Waals surface area contributed by atoms with E-state index >= 15 is 0 Å². The average Bonchev–Trinajstić information content (AvgIpc) is 2.28. The Bertz CT molecular complexity index is 301. The summed E-state index contributed by atoms with van der Waals surface area (Å²) >= 11 is 0. The van der Waals surface area contributed by atoms with Gasteiger partial charge in [0.15, 0.2) is 0 Å². The Hall–Kier alpha value is -0.870. The first-order valence-electron chi connectivity index (χ1n) is 6.25. The lowest BCUT2D eigenvalue weighted by atomic mass is 9.77. The predicted molar refractivity (Wildman–Crippen MR) is 66.8 cm³/mol. The Morgan fingerprint density at radius 1 is 1.59 bits per heavy atom. The SMILES string of the molecule is C/C(=C/CNC1(CO)CCCC(C)C1)C(=O)O. The molecule has 4 nitrogen and oxygen atoms in total. The zero-order chi connectivity index (χ0) is 12.9. The third kappa shape index (κ3) is 4.13. The van der Waals surface area contributed by atoms with Crippen LogP contribution in [0.25, 0.3) is 0 Å². The molecule has 0 aliphatic heterocycles. The molecule has 2 atom stereocenters. The molecule has 0 aromatic carbocycles. The van der Waals surface area contributed by atoms with E-state index in [-0.39, 0.29) is 12.1 Å². The lowest BCUT2D eigenvalue weighted by Crippen LogP contribution is -2.51. The van der Waals surface area contributed by atoms with Gasteiger partial charge in [-0.3, -0.25) is 0 Å². The van der Waals surface area contributed by atoms with E-state index in [0.29, 0.717) is 18.0 Å². The van der Waals surface area contributed by atoms with Crippen LogP contribution in [0, 0.1) is 5.92 Å². The third-order valence-electron chi connectivity index (χ3n) is 3.62. The Morgan fingerprint density at radius 2 is 2.29 bits per heavy atom. The minimum absolute atomic E-state index is 0.122. The van der Waals surface area contributed by atoms with Crippen molar-refractivity contribution in [3.05, 3.63) is 11.6 Å². The van der Waals surface area contributed by atoms with Crippen LogP contribution in [-0.2, 0) is 4.79 Å². The van der Waals surface area contributed by atoms with E-state index in [4.69, 9.17) is 5.11 Å². The Balaban J connectivity index is 2.52. The maximum Gasteiger partial charge on any atom is 0.330 e. The maximum absolute atomic E-state index is 10.6. The van der Waals surface area contributed by atoms with Crippen molar-refractivity contribution in [1.29, 1.82) is 0 Å². The summed E-state index contributed by atoms with van der Waals surface area (Å²) in [5, 5.41) is 21.6. The molecule has 0 aromatic heterocycles. The molecule has 1 rings (SSSR count). The highest BCUT2D eigenvalue weighted by Crippen LogP contribution is 2.31. The van der Waals surface area contributed by atoms with Crippen molar-refractivity contribution < 1.29 is 15.0 Å². The molecule has 1 saturated carbocycles. The van der Waals surface area contributed by atoms with E-state index in [2.05, 4.69) is 12.2 Å². The van der Waals surface area contributed by atoms with Gasteiger partial charge in [-0.15, -0.1) is 0 Å². The number of nitrogens with one attached hydrogen (secondary N) is 1. The summed E-state index contributed by atoms with van der Waals surface area (Å²) in [4.78, 5) is 10.6. The van der Waals surface area contributed by atoms with Crippen LogP contribution < -0.4 is 5.32 Å². The van der Waals surface area contributed by atoms with Crippen LogP contribution in [0.5, 0.6) is 0 Å². The largest absolute Gasteiger partial charge is 0.478 e. The van der Waals surface area contributed by atoms with Crippen molar-refractivity contribution in [2.75, 3.05) is 13.2 Å². The van der Waals surface area contributed by atoms with Gasteiger partial charge in [0.05, 0.1) is 6.61 Å². The standard InChI is InChI=1S/C13H23NO3/c1-10-4-3-6-13(8-10,9-15)14-7-5-11(2)12(16)17/h5,10,14-15H,3-4,6-9H2,1-2H3,(H,16,17)/b11-5-. The number of aliphatic hydroxyl groups is 1. The zero-order valence-electron chi connectivity index (χ0n) is 10.7. The Morgan fingerprint density at radius 3 is 2.82 bits per heavy atom. The second-order valence-electron chi connectivity index (χ2n) is 5.21. The van der Waals surface area contributed by atoms with Gasteiger partial charge in [0.2, 0.25) is 0 Å². The molecule has 0 radical (unpaired) electrons. The first kappa shape index (κ1) is 14.2. The molecular formula is C13H23NO3. The quantitative estimate of drug-likeness (QED) is 0.639. The van der Waals surface area contributed by atoms with Gasteiger partial charge < -0.3 is 15.5 Å². The van der Waals surface area contributed by atoms with E-state index in [1.807, 2.05) is 0 Å². The van der Waals surface area contributed by atoms with E-state index < -0.39 is 5.97 Å². The van der Waals surface area contributed by atoms with Crippen LogP contribution in [0.2, 0.25) is 0 Å². The van der Waals surface area contributed by atoms with E-state index in [1.165, 1.54) is 6.42 Å². The van der Waals surface area contributed by atoms with Crippen LogP contribution in [0.15, 0.2) is 11.6 Å². The van der Waals surface area contributed by atoms with Crippen LogP contribution in [0.4, 0.5) is 0 Å². The smallest absolute Gasteiger partial charge is 0.330 e. The van der Waals surface area contributed by atoms with E-state index in [9.17, 15) is 9.90 Å². The molecule has 3 N–H and O–H groups in total. The van der Waals surface area contributed by atoms with Crippen molar-refractivity contribution in [2.24, 2.45) is 5.92 Å². The highest BCUT2D eigenvalue weighted by Gasteiger charge is 2.33. The molecular weight excluding hydrogens is 218 g/mol. The second-order valence-corrected chi connectivity index (χ2v) is 5.21. The molecule has 0 aromatic rings. The molecule has 0 heterocycles. The minimum Gasteiger partial charge on any atom is -0.478 e. The fourth-order valence-corrected chi connectivity index (χ4v) is 2.53. The number of carboxylic acid groups (broad SMARTS) is 1. The first-order valence-corrected chi connectivity index (χ1v) is 6.25. The van der Waals surface area contributed by atoms with Gasteiger partial charge in [-0.25, -0.2) is 4.79 Å². The van der Waals surface area contributed by atoms with Crippen LogP contribution in [-0.4, -0.2) is 34.9 Å². The predicted octanol–water partition coefficient (Wildman–Crippen LogP) is 1.55. The molecule has 1 fully saturated rings. The number of carboxylic acids is 1. The summed E-state index contributed by atoms with van der Waals surface area (Å²) in [5.41, 5.74) is 0.127. The summed E-state index contributed by atoms with van der Waals surface area (Å²) in [7, 11) is 0. The Kier molecular flexibility index (Phi) is 5.15. The van der Waals surface area contributed by atoms with E-state index in [0.717, 1.165) is 19.3 Å². The van der Waals surface area contributed by atoms with Crippen LogP contribution in [0.1, 0.15) is 39.5 Å². The van der Waals surface area contributed by atoms with Gasteiger partial charge in [0.25, 0.3) is 0 Å². The molecule has 1 aliphatic rings. The molecule has 98 valence electrons. The third-order valence-corrected chi connectivity index (χ3v) is 3.62. The summed E-state index contributed by atoms with van der Waals surface area (Å²) < 4.78 is 0. The van der Waals surface area contributed by atoms with Gasteiger partial charge in [0.1, 0.15) is 0 Å². The number of carbonyl (C=O) groups is 1. The second kappa shape index (κ2) is 6.17. The number of hydrogen-bond donors (Lipinski definition) is 3. The van der Waals surface area contributed by atoms with E-state index in [1.54, 1.807) is 13.0 Å². The minimum atomic E-state index is -0.887. The molecule has 4 heteroatoms. The highest BCUT2D eigenvalue weighted by molar-refractivity contribution is 5.85. The van der Waals surface area contributed by atoms with Crippen LogP contribution >= 0.6 is 0 Å². The molecule has 0 bridgehead atoms. The highest BCUT2D eigenvalue weighted by atomic mass is 16.4. The maximum atomic E-state index is 10.6. The monoisotopic (exact) mass is 241 g/mol. The molecule has 2 unspecified atom stereocenters. The lowest BCUT2D eigenvalue weighted by molar-refractivity contribution is -0.132. The zero-order valence-corrected chi connectivity index (χ0v) is 10.7. The van der Waals surface area contributed by atoms with Crippen molar-refractivity contribution in [2.45, 2.75) is 45.1 Å². The summed E-state index contributed by atoms with van der Waals surface area (Å²) in [6.45, 7) is 4.41. The number of aliphatic hydroxyl groups excluding tert-OH is 1. The molecule has 0 amide bonds. The molecule has 17 heavy (non-hydrogen) atoms.